The summed E-state index contributed by atoms with van der Waals surface area (Å²) in [5, 5.41) is 17.8. The first-order valence-electron chi connectivity index (χ1n) is 5.03. The standard InChI is InChI=1S/C12H6FN3O2S/c13-9-2-1-7(12(17)18)3-10(9)19-11-6-15-8(4-14)5-16-11/h1-3,5-6H,(H,17,18). The zero-order chi connectivity index (χ0) is 13.8. The SMILES string of the molecule is N#Cc1cnc(Sc2cc(C(=O)O)ccc2F)cn1. The van der Waals surface area contributed by atoms with E-state index in [2.05, 4.69) is 9.97 Å². The molecule has 0 fully saturated rings. The number of benzene rings is 1. The predicted molar refractivity (Wildman–Crippen MR) is 64.2 cm³/mol. The zero-order valence-corrected chi connectivity index (χ0v) is 10.2. The van der Waals surface area contributed by atoms with Crippen molar-refractivity contribution in [2.75, 3.05) is 0 Å². The molecule has 94 valence electrons. The van der Waals surface area contributed by atoms with E-state index < -0.39 is 11.8 Å². The first kappa shape index (κ1) is 13.0. The van der Waals surface area contributed by atoms with Crippen molar-refractivity contribution in [2.45, 2.75) is 9.92 Å². The molecule has 1 N–H and O–H groups in total. The average molecular weight is 275 g/mol. The van der Waals surface area contributed by atoms with E-state index in [0.29, 0.717) is 5.03 Å². The van der Waals surface area contributed by atoms with E-state index in [1.54, 1.807) is 0 Å². The molecule has 2 rings (SSSR count). The Labute approximate surface area is 111 Å². The van der Waals surface area contributed by atoms with Gasteiger partial charge in [0.05, 0.1) is 22.9 Å². The van der Waals surface area contributed by atoms with Gasteiger partial charge in [-0.25, -0.2) is 19.2 Å². The van der Waals surface area contributed by atoms with Crippen molar-refractivity contribution in [3.8, 4) is 6.07 Å². The topological polar surface area (TPSA) is 86.9 Å². The van der Waals surface area contributed by atoms with Crippen LogP contribution in [0.25, 0.3) is 0 Å². The Bertz CT molecular complexity index is 668. The van der Waals surface area contributed by atoms with E-state index in [4.69, 9.17) is 10.4 Å². The number of nitrogens with zero attached hydrogens (tertiary/aromatic N) is 3. The van der Waals surface area contributed by atoms with Crippen LogP contribution in [0.5, 0.6) is 0 Å². The minimum atomic E-state index is -1.13. The second-order valence-electron chi connectivity index (χ2n) is 3.40. The highest BCUT2D eigenvalue weighted by molar-refractivity contribution is 7.99. The normalized spacial score (nSPS) is 9.89. The molecular weight excluding hydrogens is 269 g/mol. The molecule has 0 atom stereocenters. The molecule has 0 aliphatic carbocycles. The Morgan fingerprint density at radius 3 is 2.74 bits per heavy atom. The monoisotopic (exact) mass is 275 g/mol. The number of carboxylic acids is 1. The molecule has 19 heavy (non-hydrogen) atoms. The summed E-state index contributed by atoms with van der Waals surface area (Å²) in [6.45, 7) is 0. The second-order valence-corrected chi connectivity index (χ2v) is 4.47. The fourth-order valence-corrected chi connectivity index (χ4v) is 2.04. The van der Waals surface area contributed by atoms with Crippen LogP contribution in [0, 0.1) is 17.1 Å². The van der Waals surface area contributed by atoms with Gasteiger partial charge in [-0.2, -0.15) is 5.26 Å². The van der Waals surface area contributed by atoms with Crippen molar-refractivity contribution >= 4 is 17.7 Å². The van der Waals surface area contributed by atoms with Crippen molar-refractivity contribution in [3.63, 3.8) is 0 Å². The van der Waals surface area contributed by atoms with Crippen LogP contribution in [0.1, 0.15) is 16.1 Å². The molecule has 0 radical (unpaired) electrons. The number of carbonyl (C=O) groups is 1. The van der Waals surface area contributed by atoms with Crippen molar-refractivity contribution in [2.24, 2.45) is 0 Å². The molecule has 0 saturated heterocycles. The van der Waals surface area contributed by atoms with E-state index in [1.165, 1.54) is 24.5 Å². The van der Waals surface area contributed by atoms with E-state index in [9.17, 15) is 9.18 Å². The predicted octanol–water partition coefficient (Wildman–Crippen LogP) is 2.34. The summed E-state index contributed by atoms with van der Waals surface area (Å²) >= 11 is 0.944. The molecule has 0 saturated carbocycles. The van der Waals surface area contributed by atoms with Crippen LogP contribution in [0.15, 0.2) is 40.5 Å². The molecule has 1 aromatic heterocycles. The summed E-state index contributed by atoms with van der Waals surface area (Å²) in [4.78, 5) is 18.7. The smallest absolute Gasteiger partial charge is 0.335 e. The average Bonchev–Trinajstić information content (AvgIpc) is 2.42. The molecular formula is C12H6FN3O2S. The van der Waals surface area contributed by atoms with E-state index in [0.717, 1.165) is 17.8 Å². The molecule has 0 amide bonds. The molecule has 0 bridgehead atoms. The first-order chi connectivity index (χ1) is 9.10. The fourth-order valence-electron chi connectivity index (χ4n) is 1.25. The van der Waals surface area contributed by atoms with Gasteiger partial charge in [-0.3, -0.25) is 0 Å². The number of aromatic carboxylic acids is 1. The fraction of sp³-hybridized carbons (Fsp3) is 0. The Morgan fingerprint density at radius 1 is 1.37 bits per heavy atom. The molecule has 0 unspecified atom stereocenters. The summed E-state index contributed by atoms with van der Waals surface area (Å²) < 4.78 is 13.5. The van der Waals surface area contributed by atoms with Crippen LogP contribution in [0.3, 0.4) is 0 Å². The third-order valence-corrected chi connectivity index (χ3v) is 3.09. The van der Waals surface area contributed by atoms with E-state index in [-0.39, 0.29) is 16.2 Å². The van der Waals surface area contributed by atoms with Crippen LogP contribution >= 0.6 is 11.8 Å². The highest BCUT2D eigenvalue weighted by Crippen LogP contribution is 2.28. The second kappa shape index (κ2) is 5.46. The summed E-state index contributed by atoms with van der Waals surface area (Å²) in [6, 6.07) is 5.32. The Kier molecular flexibility index (Phi) is 3.73. The van der Waals surface area contributed by atoms with Crippen LogP contribution in [-0.4, -0.2) is 21.0 Å². The van der Waals surface area contributed by atoms with Gasteiger partial charge in [0.15, 0.2) is 5.69 Å². The summed E-state index contributed by atoms with van der Waals surface area (Å²) in [6.07, 6.45) is 2.59. The third-order valence-electron chi connectivity index (χ3n) is 2.14. The Morgan fingerprint density at radius 2 is 2.16 bits per heavy atom. The first-order valence-corrected chi connectivity index (χ1v) is 5.84. The zero-order valence-electron chi connectivity index (χ0n) is 9.37. The van der Waals surface area contributed by atoms with Gasteiger partial charge in [-0.05, 0) is 18.2 Å². The lowest BCUT2D eigenvalue weighted by atomic mass is 10.2. The third kappa shape index (κ3) is 3.05. The van der Waals surface area contributed by atoms with E-state index >= 15 is 0 Å². The van der Waals surface area contributed by atoms with Crippen molar-refractivity contribution in [3.05, 3.63) is 47.7 Å². The van der Waals surface area contributed by atoms with Crippen LogP contribution in [-0.2, 0) is 0 Å². The van der Waals surface area contributed by atoms with Crippen molar-refractivity contribution < 1.29 is 14.3 Å². The summed E-state index contributed by atoms with van der Waals surface area (Å²) in [5.41, 5.74) is 0.148. The lowest BCUT2D eigenvalue weighted by Gasteiger charge is -2.03. The highest BCUT2D eigenvalue weighted by Gasteiger charge is 2.10. The van der Waals surface area contributed by atoms with Gasteiger partial charge in [-0.1, -0.05) is 11.8 Å². The number of nitriles is 1. The Balaban J connectivity index is 2.29. The molecule has 0 aliphatic rings. The largest absolute Gasteiger partial charge is 0.478 e. The van der Waals surface area contributed by atoms with Gasteiger partial charge in [0.2, 0.25) is 0 Å². The maximum absolute atomic E-state index is 13.5. The number of aromatic nitrogens is 2. The van der Waals surface area contributed by atoms with Crippen molar-refractivity contribution in [1.29, 1.82) is 5.26 Å². The van der Waals surface area contributed by atoms with Gasteiger partial charge < -0.3 is 5.11 Å². The van der Waals surface area contributed by atoms with Crippen LogP contribution < -0.4 is 0 Å². The van der Waals surface area contributed by atoms with Crippen LogP contribution in [0.2, 0.25) is 0 Å². The Hall–Kier alpha value is -2.46. The number of rotatable bonds is 3. The molecule has 0 spiro atoms. The molecule has 1 aromatic carbocycles. The van der Waals surface area contributed by atoms with Gasteiger partial charge in [0.1, 0.15) is 16.9 Å². The highest BCUT2D eigenvalue weighted by atomic mass is 32.2. The quantitative estimate of drug-likeness (QED) is 0.925. The van der Waals surface area contributed by atoms with Crippen molar-refractivity contribution in [1.82, 2.24) is 9.97 Å². The molecule has 5 nitrogen and oxygen atoms in total. The van der Waals surface area contributed by atoms with Gasteiger partial charge in [-0.15, -0.1) is 0 Å². The lowest BCUT2D eigenvalue weighted by Crippen LogP contribution is -1.97. The molecule has 7 heteroatoms. The minimum Gasteiger partial charge on any atom is -0.478 e. The number of hydrogen-bond acceptors (Lipinski definition) is 5. The number of carboxylic acid groups (broad SMARTS) is 1. The van der Waals surface area contributed by atoms with Gasteiger partial charge in [0.25, 0.3) is 0 Å². The summed E-state index contributed by atoms with van der Waals surface area (Å²) in [7, 11) is 0. The molecule has 2 aromatic rings. The maximum atomic E-state index is 13.5. The van der Waals surface area contributed by atoms with Gasteiger partial charge in [0, 0.05) is 0 Å². The summed E-state index contributed by atoms with van der Waals surface area (Å²) in [5.74, 6) is -1.67. The van der Waals surface area contributed by atoms with Crippen LogP contribution in [0.4, 0.5) is 4.39 Å². The number of hydrogen-bond donors (Lipinski definition) is 1. The van der Waals surface area contributed by atoms with Gasteiger partial charge >= 0.3 is 5.97 Å². The maximum Gasteiger partial charge on any atom is 0.335 e. The van der Waals surface area contributed by atoms with E-state index in [1.807, 2.05) is 6.07 Å². The molecule has 0 aliphatic heterocycles. The lowest BCUT2D eigenvalue weighted by molar-refractivity contribution is 0.0696. The molecule has 1 heterocycles. The minimum absolute atomic E-state index is 0.00879. The number of halogens is 1.